The second-order valence-electron chi connectivity index (χ2n) is 5.19. The van der Waals surface area contributed by atoms with Crippen LogP contribution in [-0.4, -0.2) is 28.6 Å². The monoisotopic (exact) mass is 284 g/mol. The van der Waals surface area contributed by atoms with Crippen LogP contribution < -0.4 is 9.64 Å². The molecule has 0 spiro atoms. The second-order valence-corrected chi connectivity index (χ2v) is 5.19. The van der Waals surface area contributed by atoms with Crippen LogP contribution in [0.5, 0.6) is 11.5 Å². The Hall–Kier alpha value is -2.56. The molecular weight excluding hydrogens is 268 g/mol. The van der Waals surface area contributed by atoms with Crippen molar-refractivity contribution in [2.24, 2.45) is 0 Å². The third-order valence-electron chi connectivity index (χ3n) is 3.41. The molecule has 5 heteroatoms. The van der Waals surface area contributed by atoms with E-state index in [9.17, 15) is 9.90 Å². The average Bonchev–Trinajstić information content (AvgIpc) is 2.45. The third kappa shape index (κ3) is 2.42. The van der Waals surface area contributed by atoms with E-state index in [0.29, 0.717) is 18.0 Å². The Morgan fingerprint density at radius 2 is 2.24 bits per heavy atom. The number of aryl methyl sites for hydroxylation is 1. The number of carbonyl (C=O) groups excluding carboxylic acids is 1. The van der Waals surface area contributed by atoms with Gasteiger partial charge in [0.05, 0.1) is 12.2 Å². The number of aromatic nitrogens is 1. The molecule has 108 valence electrons. The number of hydrogen-bond acceptors (Lipinski definition) is 4. The van der Waals surface area contributed by atoms with Gasteiger partial charge in [0, 0.05) is 6.20 Å². The molecule has 1 atom stereocenters. The summed E-state index contributed by atoms with van der Waals surface area (Å²) in [5.41, 5.74) is 1.82. The van der Waals surface area contributed by atoms with Crippen LogP contribution in [0.15, 0.2) is 36.5 Å². The van der Waals surface area contributed by atoms with Gasteiger partial charge >= 0.3 is 0 Å². The van der Waals surface area contributed by atoms with Gasteiger partial charge in [0.1, 0.15) is 17.6 Å². The van der Waals surface area contributed by atoms with Gasteiger partial charge in [-0.1, -0.05) is 6.07 Å². The van der Waals surface area contributed by atoms with Crippen molar-refractivity contribution >= 4 is 11.6 Å². The number of fused-ring (bicyclic) bond motifs is 1. The summed E-state index contributed by atoms with van der Waals surface area (Å²) in [5, 5.41) is 9.83. The number of nitrogens with zero attached hydrogens (tertiary/aromatic N) is 2. The summed E-state index contributed by atoms with van der Waals surface area (Å²) < 4.78 is 5.78. The number of carbonyl (C=O) groups is 1. The molecule has 1 aliphatic heterocycles. The highest BCUT2D eigenvalue weighted by atomic mass is 16.5. The maximum absolute atomic E-state index is 12.7. The minimum Gasteiger partial charge on any atom is -0.505 e. The van der Waals surface area contributed by atoms with Crippen LogP contribution in [0, 0.1) is 6.92 Å². The summed E-state index contributed by atoms with van der Waals surface area (Å²) in [7, 11) is 0. The first kappa shape index (κ1) is 13.4. The lowest BCUT2D eigenvalue weighted by atomic mass is 10.1. The van der Waals surface area contributed by atoms with Crippen molar-refractivity contribution in [3.8, 4) is 11.5 Å². The lowest BCUT2D eigenvalue weighted by molar-refractivity contribution is 0.0953. The number of hydrogen-bond donors (Lipinski definition) is 1. The fourth-order valence-electron chi connectivity index (χ4n) is 2.43. The van der Waals surface area contributed by atoms with Crippen LogP contribution >= 0.6 is 0 Å². The lowest BCUT2D eigenvalue weighted by Gasteiger charge is -2.33. The van der Waals surface area contributed by atoms with Gasteiger partial charge in [0.25, 0.3) is 5.91 Å². The summed E-state index contributed by atoms with van der Waals surface area (Å²) >= 11 is 0. The van der Waals surface area contributed by atoms with Gasteiger partial charge in [-0.2, -0.15) is 0 Å². The van der Waals surface area contributed by atoms with E-state index in [0.717, 1.165) is 5.56 Å². The predicted molar refractivity (Wildman–Crippen MR) is 78.8 cm³/mol. The average molecular weight is 284 g/mol. The molecule has 0 radical (unpaired) electrons. The molecule has 21 heavy (non-hydrogen) atoms. The Bertz CT molecular complexity index is 700. The first-order valence-electron chi connectivity index (χ1n) is 6.79. The number of rotatable bonds is 1. The fourth-order valence-corrected chi connectivity index (χ4v) is 2.43. The Morgan fingerprint density at radius 3 is 3.00 bits per heavy atom. The maximum Gasteiger partial charge on any atom is 0.280 e. The number of aromatic hydroxyl groups is 1. The van der Waals surface area contributed by atoms with Gasteiger partial charge in [-0.15, -0.1) is 0 Å². The minimum atomic E-state index is -0.326. The SMILES string of the molecule is Cc1ccc2c(c1)OC(C)CN2C(=O)c1ncccc1O. The Morgan fingerprint density at radius 1 is 1.43 bits per heavy atom. The minimum absolute atomic E-state index is 0.0538. The van der Waals surface area contributed by atoms with E-state index in [1.165, 1.54) is 12.3 Å². The van der Waals surface area contributed by atoms with E-state index in [-0.39, 0.29) is 23.5 Å². The molecule has 0 bridgehead atoms. The molecule has 0 saturated carbocycles. The van der Waals surface area contributed by atoms with E-state index in [2.05, 4.69) is 4.98 Å². The second kappa shape index (κ2) is 5.09. The normalized spacial score (nSPS) is 17.0. The number of benzene rings is 1. The first-order valence-corrected chi connectivity index (χ1v) is 6.79. The van der Waals surface area contributed by atoms with Gasteiger partial charge in [-0.05, 0) is 43.7 Å². The van der Waals surface area contributed by atoms with Crippen molar-refractivity contribution in [1.82, 2.24) is 4.98 Å². The Labute approximate surface area is 122 Å². The molecule has 1 aromatic heterocycles. The molecule has 1 unspecified atom stereocenters. The highest BCUT2D eigenvalue weighted by Gasteiger charge is 2.30. The van der Waals surface area contributed by atoms with Gasteiger partial charge in [0.15, 0.2) is 5.69 Å². The quantitative estimate of drug-likeness (QED) is 0.874. The molecule has 1 amide bonds. The van der Waals surface area contributed by atoms with Crippen molar-refractivity contribution in [3.05, 3.63) is 47.8 Å². The Balaban J connectivity index is 2.04. The molecule has 1 aliphatic rings. The topological polar surface area (TPSA) is 62.7 Å². The number of amides is 1. The molecule has 0 fully saturated rings. The zero-order valence-corrected chi connectivity index (χ0v) is 11.9. The summed E-state index contributed by atoms with van der Waals surface area (Å²) in [4.78, 5) is 18.3. The van der Waals surface area contributed by atoms with Gasteiger partial charge in [-0.25, -0.2) is 4.98 Å². The molecular formula is C16H16N2O3. The highest BCUT2D eigenvalue weighted by molar-refractivity contribution is 6.07. The van der Waals surface area contributed by atoms with E-state index in [1.807, 2.05) is 32.0 Å². The summed E-state index contributed by atoms with van der Waals surface area (Å²) in [6.45, 7) is 4.30. The first-order chi connectivity index (χ1) is 10.1. The van der Waals surface area contributed by atoms with E-state index in [4.69, 9.17) is 4.74 Å². The van der Waals surface area contributed by atoms with Crippen molar-refractivity contribution in [1.29, 1.82) is 0 Å². The predicted octanol–water partition coefficient (Wildman–Crippen LogP) is 2.52. The van der Waals surface area contributed by atoms with Crippen LogP contribution in [0.4, 0.5) is 5.69 Å². The highest BCUT2D eigenvalue weighted by Crippen LogP contribution is 2.35. The zero-order chi connectivity index (χ0) is 15.0. The van der Waals surface area contributed by atoms with Crippen LogP contribution in [0.2, 0.25) is 0 Å². The van der Waals surface area contributed by atoms with Gasteiger partial charge in [-0.3, -0.25) is 9.69 Å². The Kier molecular flexibility index (Phi) is 3.25. The number of pyridine rings is 1. The molecule has 0 saturated heterocycles. The lowest BCUT2D eigenvalue weighted by Crippen LogP contribution is -2.42. The van der Waals surface area contributed by atoms with Crippen LogP contribution in [0.25, 0.3) is 0 Å². The summed E-state index contributed by atoms with van der Waals surface area (Å²) in [6, 6.07) is 8.74. The van der Waals surface area contributed by atoms with Crippen LogP contribution in [0.3, 0.4) is 0 Å². The summed E-state index contributed by atoms with van der Waals surface area (Å²) in [6.07, 6.45) is 1.38. The largest absolute Gasteiger partial charge is 0.505 e. The van der Waals surface area contributed by atoms with E-state index >= 15 is 0 Å². The number of anilines is 1. The van der Waals surface area contributed by atoms with Crippen LogP contribution in [0.1, 0.15) is 23.0 Å². The maximum atomic E-state index is 12.7. The standard InChI is InChI=1S/C16H16N2O3/c1-10-5-6-12-14(8-10)21-11(2)9-18(12)16(20)15-13(19)4-3-7-17-15/h3-8,11,19H,9H2,1-2H3. The van der Waals surface area contributed by atoms with Gasteiger partial charge in [0.2, 0.25) is 0 Å². The molecule has 2 heterocycles. The molecule has 1 aromatic carbocycles. The van der Waals surface area contributed by atoms with E-state index < -0.39 is 0 Å². The molecule has 2 aromatic rings. The summed E-state index contributed by atoms with van der Waals surface area (Å²) in [5.74, 6) is 0.237. The third-order valence-corrected chi connectivity index (χ3v) is 3.41. The van der Waals surface area contributed by atoms with Crippen molar-refractivity contribution in [2.45, 2.75) is 20.0 Å². The van der Waals surface area contributed by atoms with Crippen molar-refractivity contribution < 1.29 is 14.6 Å². The smallest absolute Gasteiger partial charge is 0.280 e. The molecule has 1 N–H and O–H groups in total. The molecule has 5 nitrogen and oxygen atoms in total. The number of ether oxygens (including phenoxy) is 1. The fraction of sp³-hybridized carbons (Fsp3) is 0.250. The molecule has 0 aliphatic carbocycles. The van der Waals surface area contributed by atoms with Crippen molar-refractivity contribution in [3.63, 3.8) is 0 Å². The van der Waals surface area contributed by atoms with Crippen molar-refractivity contribution in [2.75, 3.05) is 11.4 Å². The van der Waals surface area contributed by atoms with Gasteiger partial charge < -0.3 is 9.84 Å². The molecule has 3 rings (SSSR count). The van der Waals surface area contributed by atoms with Crippen LogP contribution in [-0.2, 0) is 0 Å². The van der Waals surface area contributed by atoms with E-state index in [1.54, 1.807) is 11.0 Å². The zero-order valence-electron chi connectivity index (χ0n) is 11.9.